The van der Waals surface area contributed by atoms with Gasteiger partial charge in [-0.15, -0.1) is 0 Å². The van der Waals surface area contributed by atoms with Gasteiger partial charge in [0.05, 0.1) is 0 Å². The second-order valence-corrected chi connectivity index (χ2v) is 3.87. The Bertz CT molecular complexity index is 326. The molecule has 0 aromatic carbocycles. The topological polar surface area (TPSA) is 145 Å². The second kappa shape index (κ2) is 21.7. The molecule has 0 spiro atoms. The van der Waals surface area contributed by atoms with Gasteiger partial charge in [0.2, 0.25) is 0 Å². The van der Waals surface area contributed by atoms with Gasteiger partial charge in [0.25, 0.3) is 24.6 Å². The van der Waals surface area contributed by atoms with Crippen LogP contribution < -0.4 is 56.5 Å². The van der Waals surface area contributed by atoms with Crippen LogP contribution in [0.5, 0.6) is 0 Å². The van der Waals surface area contributed by atoms with Gasteiger partial charge < -0.3 is 26.6 Å². The molecule has 0 aromatic rings. The average molecular weight is 398 g/mol. The summed E-state index contributed by atoms with van der Waals surface area (Å²) in [5, 5.41) is 8.89. The molecule has 0 amide bonds. The van der Waals surface area contributed by atoms with Crippen molar-refractivity contribution < 1.29 is 97.2 Å². The smallest absolute Gasteiger partial charge is 0.550 e. The predicted octanol–water partition coefficient (Wildman–Crippen LogP) is -2.89. The summed E-state index contributed by atoms with van der Waals surface area (Å²) in [5.41, 5.74) is 0. The van der Waals surface area contributed by atoms with Gasteiger partial charge in [0.15, 0.2) is 0 Å². The molecule has 0 aliphatic carbocycles. The van der Waals surface area contributed by atoms with Crippen LogP contribution in [0.1, 0.15) is 34.6 Å². The van der Waals surface area contributed by atoms with Crippen LogP contribution in [-0.2, 0) is 40.7 Å². The molecule has 0 saturated heterocycles. The summed E-state index contributed by atoms with van der Waals surface area (Å²) in [7, 11) is 0. The van der Waals surface area contributed by atoms with Crippen LogP contribution in [0.15, 0.2) is 0 Å². The Morgan fingerprint density at radius 3 is 0.826 bits per heavy atom. The molecule has 0 aliphatic heterocycles. The molecule has 0 bridgehead atoms. The van der Waals surface area contributed by atoms with Crippen molar-refractivity contribution in [2.75, 3.05) is 0 Å². The molecule has 23 heavy (non-hydrogen) atoms. The summed E-state index contributed by atoms with van der Waals surface area (Å²) in [4.78, 5) is 48.9. The van der Waals surface area contributed by atoms with E-state index in [1.807, 2.05) is 0 Å². The monoisotopic (exact) mass is 398 g/mol. The Morgan fingerprint density at radius 1 is 0.609 bits per heavy atom. The normalized spacial score (nSPS) is 7.52. The Labute approximate surface area is 184 Å². The molecule has 0 rings (SSSR count). The van der Waals surface area contributed by atoms with Crippen molar-refractivity contribution in [3.8, 4) is 0 Å². The quantitative estimate of drug-likeness (QED) is 0.354. The molecule has 13 heteroatoms. The van der Waals surface area contributed by atoms with E-state index < -0.39 is 29.8 Å². The Kier molecular flexibility index (Phi) is 28.8. The molecular weight excluding hydrogens is 383 g/mol. The Hall–Kier alpha value is -0.314. The first-order chi connectivity index (χ1) is 9.98. The zero-order valence-electron chi connectivity index (χ0n) is 13.4. The number of hydrogen-bond acceptors (Lipinski definition) is 12. The van der Waals surface area contributed by atoms with E-state index in [9.17, 15) is 19.2 Å². The number of carbonyl (C=O) groups excluding carboxylic acids is 5. The van der Waals surface area contributed by atoms with Gasteiger partial charge >= 0.3 is 75.3 Å². The van der Waals surface area contributed by atoms with E-state index in [0.717, 1.165) is 6.92 Å². The standard InChI is InChI=1S/2C4H6O4S.C2H4O2.K/c2*1-3(5)7-9-8-4(2)6;1-2(3)4;/h2*1-2H3;1H3,(H,3,4);/q;;;+1/p-1. The van der Waals surface area contributed by atoms with Crippen LogP contribution in [0.2, 0.25) is 0 Å². The molecule has 128 valence electrons. The van der Waals surface area contributed by atoms with E-state index in [2.05, 4.69) is 16.7 Å². The summed E-state index contributed by atoms with van der Waals surface area (Å²) in [6.45, 7) is 5.85. The predicted molar refractivity (Wildman–Crippen MR) is 72.9 cm³/mol. The zero-order valence-corrected chi connectivity index (χ0v) is 18.2. The SMILES string of the molecule is CC(=O)OSOC(C)=O.CC(=O)OSOC(C)=O.CC(=O)[O-].[K+]. The summed E-state index contributed by atoms with van der Waals surface area (Å²) < 4.78 is 16.7. The minimum atomic E-state index is -1.08. The fraction of sp³-hybridized carbons (Fsp3) is 0.500. The first kappa shape index (κ1) is 30.6. The number of rotatable bonds is 4. The minimum absolute atomic E-state index is 0. The molecule has 0 atom stereocenters. The molecule has 0 saturated carbocycles. The maximum absolute atomic E-state index is 9.99. The number of hydrogen-bond donors (Lipinski definition) is 0. The van der Waals surface area contributed by atoms with Crippen LogP contribution in [0.3, 0.4) is 0 Å². The number of aliphatic carboxylic acids is 1. The van der Waals surface area contributed by atoms with Crippen molar-refractivity contribution in [3.63, 3.8) is 0 Å². The molecule has 0 aromatic heterocycles. The average Bonchev–Trinajstić information content (AvgIpc) is 2.26. The van der Waals surface area contributed by atoms with Crippen LogP contribution >= 0.6 is 24.6 Å². The van der Waals surface area contributed by atoms with Crippen molar-refractivity contribution >= 4 is 54.5 Å². The third-order valence-corrected chi connectivity index (χ3v) is 1.82. The molecule has 0 unspecified atom stereocenters. The van der Waals surface area contributed by atoms with Gasteiger partial charge in [-0.1, -0.05) is 0 Å². The molecule has 0 heterocycles. The fourth-order valence-electron chi connectivity index (χ4n) is 0.226. The van der Waals surface area contributed by atoms with Gasteiger partial charge in [-0.25, -0.2) is 0 Å². The largest absolute Gasteiger partial charge is 1.00 e. The van der Waals surface area contributed by atoms with Crippen molar-refractivity contribution in [2.45, 2.75) is 34.6 Å². The number of carbonyl (C=O) groups is 5. The first-order valence-corrected chi connectivity index (χ1v) is 6.54. The van der Waals surface area contributed by atoms with E-state index >= 15 is 0 Å². The van der Waals surface area contributed by atoms with Gasteiger partial charge in [-0.2, -0.15) is 0 Å². The van der Waals surface area contributed by atoms with Gasteiger partial charge in [0, 0.05) is 33.7 Å². The van der Waals surface area contributed by atoms with Crippen molar-refractivity contribution in [2.24, 2.45) is 0 Å². The molecule has 10 nitrogen and oxygen atoms in total. The van der Waals surface area contributed by atoms with Crippen molar-refractivity contribution in [3.05, 3.63) is 0 Å². The van der Waals surface area contributed by atoms with E-state index in [-0.39, 0.29) is 51.4 Å². The summed E-state index contributed by atoms with van der Waals surface area (Å²) >= 11 is 0.741. The van der Waals surface area contributed by atoms with Crippen LogP contribution in [0, 0.1) is 0 Å². The summed E-state index contributed by atoms with van der Waals surface area (Å²) in [6.07, 6.45) is 0. The third-order valence-electron chi connectivity index (χ3n) is 0.605. The van der Waals surface area contributed by atoms with Gasteiger partial charge in [-0.05, 0) is 6.92 Å². The molecule has 0 aliphatic rings. The molecule has 0 fully saturated rings. The summed E-state index contributed by atoms with van der Waals surface area (Å²) in [5.74, 6) is -3.08. The van der Waals surface area contributed by atoms with E-state index in [4.69, 9.17) is 9.90 Å². The first-order valence-electron chi connectivity index (χ1n) is 5.21. The third kappa shape index (κ3) is 61.5. The molecule has 0 N–H and O–H groups in total. The van der Waals surface area contributed by atoms with Crippen molar-refractivity contribution in [1.29, 1.82) is 0 Å². The maximum atomic E-state index is 9.99. The van der Waals surface area contributed by atoms with Gasteiger partial charge in [-0.3, -0.25) is 19.2 Å². The van der Waals surface area contributed by atoms with Gasteiger partial charge in [0.1, 0.15) is 0 Å². The fourth-order valence-corrected chi connectivity index (χ4v) is 0.677. The van der Waals surface area contributed by atoms with E-state index in [1.165, 1.54) is 27.7 Å². The maximum Gasteiger partial charge on any atom is 1.00 e. The molecule has 0 radical (unpaired) electrons. The van der Waals surface area contributed by atoms with Crippen LogP contribution in [0.4, 0.5) is 0 Å². The summed E-state index contributed by atoms with van der Waals surface area (Å²) in [6, 6.07) is 0. The minimum Gasteiger partial charge on any atom is -0.550 e. The number of carboxylic acids is 1. The van der Waals surface area contributed by atoms with E-state index in [0.29, 0.717) is 24.6 Å². The van der Waals surface area contributed by atoms with E-state index in [1.54, 1.807) is 0 Å². The molecular formula is C10H15KO10S2. The van der Waals surface area contributed by atoms with Crippen LogP contribution in [-0.4, -0.2) is 29.8 Å². The zero-order chi connectivity index (χ0) is 18.1. The number of carboxylic acid groups (broad SMARTS) is 1. The Balaban J connectivity index is -0.000000124. The Morgan fingerprint density at radius 2 is 0.739 bits per heavy atom. The van der Waals surface area contributed by atoms with Crippen molar-refractivity contribution in [1.82, 2.24) is 0 Å². The second-order valence-electron chi connectivity index (χ2n) is 2.93. The van der Waals surface area contributed by atoms with Crippen LogP contribution in [0.25, 0.3) is 0 Å².